The van der Waals surface area contributed by atoms with Crippen LogP contribution in [0.5, 0.6) is 0 Å². The summed E-state index contributed by atoms with van der Waals surface area (Å²) in [5.41, 5.74) is 0.787. The third kappa shape index (κ3) is 96.5. The van der Waals surface area contributed by atoms with Gasteiger partial charge in [-0.3, -0.25) is 9.98 Å². The minimum absolute atomic E-state index is 0.787. The third-order valence-electron chi connectivity index (χ3n) is 0.528. The van der Waals surface area contributed by atoms with Crippen molar-refractivity contribution in [1.82, 2.24) is 0 Å². The largest absolute Gasteiger partial charge is 0.271 e. The molecule has 0 saturated carbocycles. The highest BCUT2D eigenvalue weighted by atomic mass is 14.7. The first-order valence-corrected chi connectivity index (χ1v) is 5.90. The van der Waals surface area contributed by atoms with E-state index in [4.69, 9.17) is 0 Å². The topological polar surface area (TPSA) is 24.7 Å². The van der Waals surface area contributed by atoms with Crippen molar-refractivity contribution in [2.75, 3.05) is 0 Å². The first kappa shape index (κ1) is 29.2. The van der Waals surface area contributed by atoms with Gasteiger partial charge < -0.3 is 0 Å². The van der Waals surface area contributed by atoms with Gasteiger partial charge in [0.1, 0.15) is 0 Å². The Balaban J connectivity index is -0.0000000353. The summed E-state index contributed by atoms with van der Waals surface area (Å²) in [6, 6.07) is 0. The minimum Gasteiger partial charge on any atom is -0.271 e. The summed E-state index contributed by atoms with van der Waals surface area (Å²) in [5, 5.41) is 0. The summed E-state index contributed by atoms with van der Waals surface area (Å²) in [6.07, 6.45) is 1.55. The van der Waals surface area contributed by atoms with E-state index in [0.717, 1.165) is 5.70 Å². The van der Waals surface area contributed by atoms with Gasteiger partial charge in [0, 0.05) is 6.20 Å². The van der Waals surface area contributed by atoms with Crippen LogP contribution in [-0.2, 0) is 0 Å². The van der Waals surface area contributed by atoms with Crippen LogP contribution in [0.2, 0.25) is 0 Å². The monoisotopic (exact) mass is 216 g/mol. The molecule has 0 unspecified atom stereocenters. The lowest BCUT2D eigenvalue weighted by atomic mass is 10.6. The second-order valence-electron chi connectivity index (χ2n) is 1.11. The minimum atomic E-state index is 0.787. The Kier molecular flexibility index (Phi) is 144. The lowest BCUT2D eigenvalue weighted by molar-refractivity contribution is 1.29. The van der Waals surface area contributed by atoms with E-state index in [2.05, 4.69) is 23.4 Å². The molecule has 15 heavy (non-hydrogen) atoms. The molecule has 0 aliphatic heterocycles. The zero-order chi connectivity index (χ0) is 13.7. The molecule has 2 nitrogen and oxygen atoms in total. The SMILES string of the molecule is C=N/C=C(/C)N=C.CC.CC.CC.CC. The van der Waals surface area contributed by atoms with E-state index in [1.165, 1.54) is 0 Å². The number of allylic oxidation sites excluding steroid dienone is 1. The van der Waals surface area contributed by atoms with E-state index in [9.17, 15) is 0 Å². The van der Waals surface area contributed by atoms with Crippen molar-refractivity contribution < 1.29 is 0 Å². The summed E-state index contributed by atoms with van der Waals surface area (Å²) in [4.78, 5) is 7.02. The summed E-state index contributed by atoms with van der Waals surface area (Å²) < 4.78 is 0. The van der Waals surface area contributed by atoms with Gasteiger partial charge in [-0.15, -0.1) is 0 Å². The Bertz CT molecular complexity index is 105. The summed E-state index contributed by atoms with van der Waals surface area (Å²) in [5.74, 6) is 0. The molecule has 0 N–H and O–H groups in total. The smallest absolute Gasteiger partial charge is 0.0547 e. The van der Waals surface area contributed by atoms with E-state index in [1.54, 1.807) is 6.20 Å². The molecule has 0 saturated heterocycles. The molecule has 2 heteroatoms. The standard InChI is InChI=1S/C5H8N2.4C2H6/c1-5(7-3)4-6-2;4*1-2/h4H,2-3H2,1H3;4*1-2H3/b5-4-;;;;. The van der Waals surface area contributed by atoms with Crippen LogP contribution in [-0.4, -0.2) is 13.4 Å². The Morgan fingerprint density at radius 2 is 1.07 bits per heavy atom. The van der Waals surface area contributed by atoms with E-state index < -0.39 is 0 Å². The highest BCUT2D eigenvalue weighted by Gasteiger charge is 1.71. The van der Waals surface area contributed by atoms with E-state index in [0.29, 0.717) is 0 Å². The maximum absolute atomic E-state index is 3.56. The van der Waals surface area contributed by atoms with E-state index in [1.807, 2.05) is 62.3 Å². The van der Waals surface area contributed by atoms with Crippen molar-refractivity contribution in [3.63, 3.8) is 0 Å². The van der Waals surface area contributed by atoms with Crippen molar-refractivity contribution in [2.45, 2.75) is 62.3 Å². The molecule has 0 aromatic heterocycles. The second kappa shape index (κ2) is 74.0. The average Bonchev–Trinajstić information content (AvgIpc) is 2.39. The van der Waals surface area contributed by atoms with Gasteiger partial charge in [0.25, 0.3) is 0 Å². The highest BCUT2D eigenvalue weighted by molar-refractivity contribution is 5.30. The molecule has 0 heterocycles. The van der Waals surface area contributed by atoms with Crippen LogP contribution in [0.1, 0.15) is 62.3 Å². The molecule has 0 aliphatic carbocycles. The second-order valence-corrected chi connectivity index (χ2v) is 1.11. The van der Waals surface area contributed by atoms with Gasteiger partial charge in [-0.25, -0.2) is 0 Å². The van der Waals surface area contributed by atoms with Crippen LogP contribution in [0.15, 0.2) is 21.9 Å². The summed E-state index contributed by atoms with van der Waals surface area (Å²) in [6.45, 7) is 24.3. The molecule has 0 radical (unpaired) electrons. The predicted octanol–water partition coefficient (Wildman–Crippen LogP) is 5.35. The molecule has 0 fully saturated rings. The van der Waals surface area contributed by atoms with Gasteiger partial charge in [0.15, 0.2) is 0 Å². The van der Waals surface area contributed by atoms with Crippen LogP contribution >= 0.6 is 0 Å². The molecular formula is C13H32N2. The van der Waals surface area contributed by atoms with Gasteiger partial charge in [-0.2, -0.15) is 0 Å². The Morgan fingerprint density at radius 3 is 1.13 bits per heavy atom. The van der Waals surface area contributed by atoms with Crippen LogP contribution in [0.3, 0.4) is 0 Å². The number of nitrogens with zero attached hydrogens (tertiary/aromatic N) is 2. The maximum atomic E-state index is 3.56. The Morgan fingerprint density at radius 1 is 0.800 bits per heavy atom. The van der Waals surface area contributed by atoms with Crippen LogP contribution in [0.25, 0.3) is 0 Å². The number of aliphatic imine (C=N–C) groups is 2. The highest BCUT2D eigenvalue weighted by Crippen LogP contribution is 1.89. The average molecular weight is 216 g/mol. The first-order valence-electron chi connectivity index (χ1n) is 5.90. The van der Waals surface area contributed by atoms with Crippen molar-refractivity contribution in [3.8, 4) is 0 Å². The predicted molar refractivity (Wildman–Crippen MR) is 78.2 cm³/mol. The van der Waals surface area contributed by atoms with Gasteiger partial charge in [0.05, 0.1) is 5.70 Å². The van der Waals surface area contributed by atoms with Gasteiger partial charge >= 0.3 is 0 Å². The van der Waals surface area contributed by atoms with Crippen LogP contribution < -0.4 is 0 Å². The summed E-state index contributed by atoms with van der Waals surface area (Å²) in [7, 11) is 0. The van der Waals surface area contributed by atoms with Crippen LogP contribution in [0, 0.1) is 0 Å². The van der Waals surface area contributed by atoms with Gasteiger partial charge in [-0.1, -0.05) is 55.4 Å². The molecule has 94 valence electrons. The number of hydrogen-bond acceptors (Lipinski definition) is 2. The first-order chi connectivity index (χ1) is 7.31. The molecule has 0 atom stereocenters. The Hall–Kier alpha value is -0.920. The molecule has 0 spiro atoms. The maximum Gasteiger partial charge on any atom is 0.0547 e. The van der Waals surface area contributed by atoms with Crippen molar-refractivity contribution in [3.05, 3.63) is 11.9 Å². The lowest BCUT2D eigenvalue weighted by Crippen LogP contribution is -1.60. The van der Waals surface area contributed by atoms with Crippen molar-refractivity contribution in [2.24, 2.45) is 9.98 Å². The quantitative estimate of drug-likeness (QED) is 0.556. The zero-order valence-electron chi connectivity index (χ0n) is 12.4. The molecule has 0 amide bonds. The molecular weight excluding hydrogens is 184 g/mol. The number of rotatable bonds is 2. The third-order valence-corrected chi connectivity index (χ3v) is 0.528. The fraction of sp³-hybridized carbons (Fsp3) is 0.692. The Labute approximate surface area is 98.2 Å². The molecule has 0 aliphatic rings. The molecule has 0 aromatic carbocycles. The van der Waals surface area contributed by atoms with Crippen LogP contribution in [0.4, 0.5) is 0 Å². The van der Waals surface area contributed by atoms with Crippen molar-refractivity contribution in [1.29, 1.82) is 0 Å². The van der Waals surface area contributed by atoms with E-state index in [-0.39, 0.29) is 0 Å². The normalized spacial score (nSPS) is 6.60. The van der Waals surface area contributed by atoms with Gasteiger partial charge in [0.2, 0.25) is 0 Å². The lowest BCUT2D eigenvalue weighted by Gasteiger charge is -1.79. The fourth-order valence-electron chi connectivity index (χ4n) is 0.173. The molecule has 0 rings (SSSR count). The van der Waals surface area contributed by atoms with Crippen molar-refractivity contribution >= 4 is 13.4 Å². The number of hydrogen-bond donors (Lipinski definition) is 0. The molecule has 0 aromatic rings. The summed E-state index contributed by atoms with van der Waals surface area (Å²) >= 11 is 0. The zero-order valence-corrected chi connectivity index (χ0v) is 12.4. The van der Waals surface area contributed by atoms with Gasteiger partial charge in [-0.05, 0) is 20.4 Å². The van der Waals surface area contributed by atoms with E-state index >= 15 is 0 Å². The molecule has 0 bridgehead atoms. The fourth-order valence-corrected chi connectivity index (χ4v) is 0.173.